The number of ether oxygens (including phenoxy) is 2. The summed E-state index contributed by atoms with van der Waals surface area (Å²) in [7, 11) is 1.60. The van der Waals surface area contributed by atoms with Crippen molar-refractivity contribution in [3.63, 3.8) is 0 Å². The van der Waals surface area contributed by atoms with Crippen LogP contribution in [0.2, 0.25) is 0 Å². The number of hydrogen-bond donors (Lipinski definition) is 5. The van der Waals surface area contributed by atoms with Crippen LogP contribution in [0.4, 0.5) is 20.7 Å². The topological polar surface area (TPSA) is 129 Å². The lowest BCUT2D eigenvalue weighted by Crippen LogP contribution is -2.36. The molecule has 2 aliphatic heterocycles. The number of fused-ring (bicyclic) bond motifs is 4. The Bertz CT molecular complexity index is 1420. The summed E-state index contributed by atoms with van der Waals surface area (Å²) in [5.41, 5.74) is 4.67. The van der Waals surface area contributed by atoms with Crippen molar-refractivity contribution in [2.24, 2.45) is 0 Å². The van der Waals surface area contributed by atoms with Gasteiger partial charge in [-0.2, -0.15) is 16.9 Å². The molecule has 1 aliphatic carbocycles. The smallest absolute Gasteiger partial charge is 0.315 e. The van der Waals surface area contributed by atoms with Crippen LogP contribution in [0.25, 0.3) is 11.3 Å². The van der Waals surface area contributed by atoms with E-state index in [0.29, 0.717) is 72.7 Å². The molecule has 2 saturated heterocycles. The lowest BCUT2D eigenvalue weighted by molar-refractivity contribution is -0.109. The zero-order valence-corrected chi connectivity index (χ0v) is 25.3. The molecule has 3 heterocycles. The second-order valence-electron chi connectivity index (χ2n) is 10.8. The van der Waals surface area contributed by atoms with Crippen LogP contribution in [0, 0.1) is 5.82 Å². The third kappa shape index (κ3) is 7.35. The summed E-state index contributed by atoms with van der Waals surface area (Å²) in [6.07, 6.45) is 7.18. The van der Waals surface area contributed by atoms with Crippen LogP contribution >= 0.6 is 11.8 Å². The average Bonchev–Trinajstić information content (AvgIpc) is 3.75. The number of H-pyrrole nitrogens is 1. The van der Waals surface area contributed by atoms with Crippen LogP contribution in [0.1, 0.15) is 50.2 Å². The van der Waals surface area contributed by atoms with E-state index in [4.69, 9.17) is 9.47 Å². The number of methoxy groups -OCH3 is 1. The lowest BCUT2D eigenvalue weighted by atomic mass is 10.0. The molecule has 2 fully saturated rings. The number of carbonyl (C=O) groups is 2. The van der Waals surface area contributed by atoms with E-state index < -0.39 is 0 Å². The zero-order valence-electron chi connectivity index (χ0n) is 24.5. The highest BCUT2D eigenvalue weighted by atomic mass is 32.2. The third-order valence-corrected chi connectivity index (χ3v) is 9.33. The van der Waals surface area contributed by atoms with E-state index in [2.05, 4.69) is 38.4 Å². The lowest BCUT2D eigenvalue weighted by Gasteiger charge is -2.16. The van der Waals surface area contributed by atoms with E-state index >= 15 is 0 Å². The number of benzene rings is 2. The SMILES string of the molecule is CCCCCC1SCC2NC(=O)NC21.COc1cc2c(cc1OCCCNC=O)Cc1c(Nc3cccc(F)c3)n[nH]c1-2. The van der Waals surface area contributed by atoms with Gasteiger partial charge >= 0.3 is 6.03 Å². The van der Waals surface area contributed by atoms with Gasteiger partial charge in [0.15, 0.2) is 17.3 Å². The van der Waals surface area contributed by atoms with Crippen LogP contribution in [-0.2, 0) is 11.2 Å². The Hall–Kier alpha value is -3.93. The molecule has 230 valence electrons. The minimum atomic E-state index is -0.305. The van der Waals surface area contributed by atoms with Gasteiger partial charge in [-0.25, -0.2) is 9.18 Å². The van der Waals surface area contributed by atoms with Gasteiger partial charge in [-0.05, 0) is 48.7 Å². The molecule has 0 saturated carbocycles. The fourth-order valence-electron chi connectivity index (χ4n) is 5.66. The molecular formula is C31H39FN6O4S. The highest BCUT2D eigenvalue weighted by Crippen LogP contribution is 2.44. The van der Waals surface area contributed by atoms with E-state index in [1.165, 1.54) is 37.8 Å². The number of aromatic nitrogens is 2. The summed E-state index contributed by atoms with van der Waals surface area (Å²) < 4.78 is 24.8. The molecule has 5 N–H and O–H groups in total. The number of nitrogens with one attached hydrogen (secondary N) is 5. The summed E-state index contributed by atoms with van der Waals surface area (Å²) in [6, 6.07) is 11.0. The Balaban J connectivity index is 0.000000220. The van der Waals surface area contributed by atoms with Crippen LogP contribution in [0.15, 0.2) is 36.4 Å². The zero-order chi connectivity index (χ0) is 30.2. The number of aromatic amines is 1. The number of nitrogens with zero attached hydrogens (tertiary/aromatic N) is 1. The molecule has 10 nitrogen and oxygen atoms in total. The summed E-state index contributed by atoms with van der Waals surface area (Å²) in [5, 5.41) is 19.8. The summed E-state index contributed by atoms with van der Waals surface area (Å²) in [6.45, 7) is 3.25. The third-order valence-electron chi connectivity index (χ3n) is 7.82. The van der Waals surface area contributed by atoms with E-state index in [1.54, 1.807) is 19.2 Å². The summed E-state index contributed by atoms with van der Waals surface area (Å²) in [4.78, 5) is 21.4. The monoisotopic (exact) mass is 610 g/mol. The molecule has 0 radical (unpaired) electrons. The van der Waals surface area contributed by atoms with Gasteiger partial charge in [0, 0.05) is 40.8 Å². The van der Waals surface area contributed by atoms with Gasteiger partial charge in [0.25, 0.3) is 0 Å². The van der Waals surface area contributed by atoms with Crippen LogP contribution in [0.3, 0.4) is 0 Å². The number of rotatable bonds is 13. The first-order valence-electron chi connectivity index (χ1n) is 14.8. The quantitative estimate of drug-likeness (QED) is 0.0808. The fourth-order valence-corrected chi connectivity index (χ4v) is 7.21. The molecule has 3 amide bonds. The largest absolute Gasteiger partial charge is 0.493 e. The maximum absolute atomic E-state index is 13.5. The van der Waals surface area contributed by atoms with Crippen molar-refractivity contribution >= 4 is 35.7 Å². The molecule has 3 unspecified atom stereocenters. The second kappa shape index (κ2) is 14.5. The maximum atomic E-state index is 13.5. The van der Waals surface area contributed by atoms with Crippen molar-refractivity contribution in [3.8, 4) is 22.8 Å². The Labute approximate surface area is 255 Å². The number of halogens is 1. The normalized spacial score (nSPS) is 19.2. The first-order valence-corrected chi connectivity index (χ1v) is 15.8. The van der Waals surface area contributed by atoms with Crippen molar-refractivity contribution in [2.75, 3.05) is 31.3 Å². The van der Waals surface area contributed by atoms with Crippen LogP contribution < -0.4 is 30.7 Å². The molecule has 0 spiro atoms. The summed E-state index contributed by atoms with van der Waals surface area (Å²) in [5.74, 6) is 2.74. The number of unbranched alkanes of at least 4 members (excludes halogenated alkanes) is 2. The maximum Gasteiger partial charge on any atom is 0.315 e. The fraction of sp³-hybridized carbons (Fsp3) is 0.452. The number of urea groups is 1. The van der Waals surface area contributed by atoms with E-state index in [0.717, 1.165) is 28.1 Å². The first-order chi connectivity index (χ1) is 21.0. The molecule has 6 rings (SSSR count). The Morgan fingerprint density at radius 2 is 2.05 bits per heavy atom. The predicted molar refractivity (Wildman–Crippen MR) is 167 cm³/mol. The highest BCUT2D eigenvalue weighted by Gasteiger charge is 2.42. The number of amides is 3. The number of hydrogen-bond acceptors (Lipinski definition) is 7. The van der Waals surface area contributed by atoms with Crippen molar-refractivity contribution in [3.05, 3.63) is 53.3 Å². The van der Waals surface area contributed by atoms with Crippen LogP contribution in [-0.4, -0.2) is 66.0 Å². The molecule has 2 aromatic carbocycles. The Kier molecular flexibility index (Phi) is 10.3. The molecule has 1 aromatic heterocycles. The molecule has 3 aromatic rings. The predicted octanol–water partition coefficient (Wildman–Crippen LogP) is 5.12. The van der Waals surface area contributed by atoms with Gasteiger partial charge in [0.1, 0.15) is 5.82 Å². The Morgan fingerprint density at radius 1 is 1.16 bits per heavy atom. The molecule has 43 heavy (non-hydrogen) atoms. The van der Waals surface area contributed by atoms with Gasteiger partial charge in [-0.1, -0.05) is 32.3 Å². The highest BCUT2D eigenvalue weighted by molar-refractivity contribution is 8.00. The van der Waals surface area contributed by atoms with E-state index in [9.17, 15) is 14.0 Å². The number of carbonyl (C=O) groups excluding carboxylic acids is 2. The van der Waals surface area contributed by atoms with Gasteiger partial charge in [0.2, 0.25) is 6.41 Å². The first kappa shape index (κ1) is 30.5. The van der Waals surface area contributed by atoms with Crippen LogP contribution in [0.5, 0.6) is 11.5 Å². The second-order valence-corrected chi connectivity index (χ2v) is 12.1. The minimum Gasteiger partial charge on any atom is -0.493 e. The van der Waals surface area contributed by atoms with Gasteiger partial charge < -0.3 is 30.7 Å². The molecule has 3 atom stereocenters. The van der Waals surface area contributed by atoms with Crippen molar-refractivity contribution in [1.82, 2.24) is 26.1 Å². The van der Waals surface area contributed by atoms with Gasteiger partial charge in [-0.3, -0.25) is 9.89 Å². The van der Waals surface area contributed by atoms with Crippen molar-refractivity contribution < 1.29 is 23.5 Å². The minimum absolute atomic E-state index is 0.0285. The standard InChI is InChI=1S/C21H21FN4O3.C10H18N2OS/c1-28-18-11-16-13(9-19(18)29-7-3-6-23-12-27)8-17-20(16)25-26-21(17)24-15-5-2-4-14(22)10-15;1-2-3-4-5-8-9-7(6-14-8)11-10(13)12-9/h2,4-5,9-12H,3,6-8H2,1H3,(H,23,27)(H2,24,25,26);7-9H,2-6H2,1H3,(H2,11,12,13). The van der Waals surface area contributed by atoms with Crippen molar-refractivity contribution in [1.29, 1.82) is 0 Å². The molecule has 3 aliphatic rings. The van der Waals surface area contributed by atoms with E-state index in [1.807, 2.05) is 23.9 Å². The Morgan fingerprint density at radius 3 is 2.84 bits per heavy atom. The van der Waals surface area contributed by atoms with E-state index in [-0.39, 0.29) is 11.8 Å². The molecule has 12 heteroatoms. The molecular weight excluding hydrogens is 571 g/mol. The van der Waals surface area contributed by atoms with Gasteiger partial charge in [-0.15, -0.1) is 0 Å². The molecule has 0 bridgehead atoms. The number of thioether (sulfide) groups is 1. The number of anilines is 2. The summed E-state index contributed by atoms with van der Waals surface area (Å²) >= 11 is 2.01. The van der Waals surface area contributed by atoms with Crippen molar-refractivity contribution in [2.45, 2.75) is 62.8 Å². The van der Waals surface area contributed by atoms with Gasteiger partial charge in [0.05, 0.1) is 31.5 Å². The average molecular weight is 611 g/mol.